The molecule has 6 heteroatoms. The summed E-state index contributed by atoms with van der Waals surface area (Å²) in [4.78, 5) is 12.1. The van der Waals surface area contributed by atoms with E-state index in [2.05, 4.69) is 10.5 Å². The van der Waals surface area contributed by atoms with Crippen LogP contribution in [0.15, 0.2) is 4.52 Å². The molecule has 1 aliphatic carbocycles. The van der Waals surface area contributed by atoms with Crippen LogP contribution in [0.2, 0.25) is 5.22 Å². The van der Waals surface area contributed by atoms with Gasteiger partial charge >= 0.3 is 0 Å². The molecule has 5 nitrogen and oxygen atoms in total. The van der Waals surface area contributed by atoms with Gasteiger partial charge in [0.1, 0.15) is 0 Å². The maximum atomic E-state index is 12.1. The molecule has 0 radical (unpaired) electrons. The van der Waals surface area contributed by atoms with Crippen molar-refractivity contribution in [2.75, 3.05) is 6.54 Å². The first-order chi connectivity index (χ1) is 10.1. The van der Waals surface area contributed by atoms with Crippen LogP contribution in [0.4, 0.5) is 0 Å². The van der Waals surface area contributed by atoms with Gasteiger partial charge in [0.2, 0.25) is 11.1 Å². The zero-order valence-corrected chi connectivity index (χ0v) is 13.3. The summed E-state index contributed by atoms with van der Waals surface area (Å²) in [7, 11) is 0. The van der Waals surface area contributed by atoms with Crippen molar-refractivity contribution in [3.63, 3.8) is 0 Å². The van der Waals surface area contributed by atoms with Crippen LogP contribution in [-0.2, 0) is 11.2 Å². The second-order valence-corrected chi connectivity index (χ2v) is 6.17. The lowest BCUT2D eigenvalue weighted by molar-refractivity contribution is -0.122. The van der Waals surface area contributed by atoms with Gasteiger partial charge in [0, 0.05) is 24.6 Å². The number of amides is 1. The third-order valence-corrected chi connectivity index (χ3v) is 4.66. The summed E-state index contributed by atoms with van der Waals surface area (Å²) in [5.41, 5.74) is 7.39. The van der Waals surface area contributed by atoms with Crippen molar-refractivity contribution < 1.29 is 9.32 Å². The maximum absolute atomic E-state index is 12.1. The molecule has 1 aromatic heterocycles. The Morgan fingerprint density at radius 3 is 2.76 bits per heavy atom. The highest BCUT2D eigenvalue weighted by atomic mass is 35.5. The third kappa shape index (κ3) is 4.45. The van der Waals surface area contributed by atoms with E-state index >= 15 is 0 Å². The summed E-state index contributed by atoms with van der Waals surface area (Å²) in [6.45, 7) is 2.33. The van der Waals surface area contributed by atoms with E-state index in [0.29, 0.717) is 25.3 Å². The van der Waals surface area contributed by atoms with Gasteiger partial charge in [0.15, 0.2) is 0 Å². The molecule has 1 unspecified atom stereocenters. The molecule has 0 aromatic carbocycles. The molecular weight excluding hydrogens is 290 g/mol. The number of hydrogen-bond donors (Lipinski definition) is 2. The van der Waals surface area contributed by atoms with E-state index in [-0.39, 0.29) is 17.2 Å². The number of halogens is 1. The van der Waals surface area contributed by atoms with Crippen LogP contribution in [0.1, 0.15) is 49.8 Å². The second-order valence-electron chi connectivity index (χ2n) is 5.83. The molecule has 0 bridgehead atoms. The minimum Gasteiger partial charge on any atom is -0.352 e. The molecule has 1 heterocycles. The minimum atomic E-state index is 0.0210. The van der Waals surface area contributed by atoms with Gasteiger partial charge in [-0.1, -0.05) is 24.4 Å². The largest absolute Gasteiger partial charge is 0.352 e. The predicted molar refractivity (Wildman–Crippen MR) is 82.1 cm³/mol. The van der Waals surface area contributed by atoms with Crippen molar-refractivity contribution >= 4 is 17.5 Å². The number of carbonyl (C=O) groups is 1. The fraction of sp³-hybridized carbons (Fsp3) is 0.733. The molecule has 3 N–H and O–H groups in total. The molecule has 118 valence electrons. The first kappa shape index (κ1) is 16.3. The van der Waals surface area contributed by atoms with Crippen LogP contribution in [0.3, 0.4) is 0 Å². The van der Waals surface area contributed by atoms with Gasteiger partial charge in [-0.25, -0.2) is 0 Å². The average molecular weight is 314 g/mol. The molecule has 0 aliphatic heterocycles. The van der Waals surface area contributed by atoms with Crippen molar-refractivity contribution in [1.29, 1.82) is 0 Å². The van der Waals surface area contributed by atoms with E-state index in [9.17, 15) is 4.79 Å². The monoisotopic (exact) mass is 313 g/mol. The quantitative estimate of drug-likeness (QED) is 0.846. The van der Waals surface area contributed by atoms with E-state index in [4.69, 9.17) is 21.9 Å². The highest BCUT2D eigenvalue weighted by molar-refractivity contribution is 6.29. The summed E-state index contributed by atoms with van der Waals surface area (Å²) in [6.07, 6.45) is 7.04. The molecule has 1 saturated carbocycles. The van der Waals surface area contributed by atoms with E-state index in [1.54, 1.807) is 0 Å². The fourth-order valence-electron chi connectivity index (χ4n) is 3.06. The van der Waals surface area contributed by atoms with Gasteiger partial charge in [-0.05, 0) is 43.7 Å². The van der Waals surface area contributed by atoms with Crippen LogP contribution in [0, 0.1) is 12.8 Å². The van der Waals surface area contributed by atoms with Crippen LogP contribution in [-0.4, -0.2) is 23.7 Å². The van der Waals surface area contributed by atoms with Crippen LogP contribution in [0.25, 0.3) is 0 Å². The van der Waals surface area contributed by atoms with Gasteiger partial charge in [-0.3, -0.25) is 4.79 Å². The van der Waals surface area contributed by atoms with Gasteiger partial charge in [0.05, 0.1) is 5.69 Å². The average Bonchev–Trinajstić information content (AvgIpc) is 2.82. The third-order valence-electron chi connectivity index (χ3n) is 4.36. The summed E-state index contributed by atoms with van der Waals surface area (Å²) >= 11 is 5.90. The molecule has 2 rings (SSSR count). The number of nitrogens with one attached hydrogen (secondary N) is 1. The Morgan fingerprint density at radius 2 is 2.19 bits per heavy atom. The van der Waals surface area contributed by atoms with Crippen molar-refractivity contribution in [2.24, 2.45) is 11.7 Å². The van der Waals surface area contributed by atoms with Crippen LogP contribution in [0.5, 0.6) is 0 Å². The SMILES string of the molecule is Cc1noc(Cl)c1CCC(=O)NC(CN)C1CCCCC1. The predicted octanol–water partition coefficient (Wildman–Crippen LogP) is 2.59. The molecule has 0 spiro atoms. The lowest BCUT2D eigenvalue weighted by Gasteiger charge is -2.30. The number of hydrogen-bond acceptors (Lipinski definition) is 4. The highest BCUT2D eigenvalue weighted by Gasteiger charge is 2.24. The number of aromatic nitrogens is 1. The summed E-state index contributed by atoms with van der Waals surface area (Å²) in [5.74, 6) is 0.543. The Hall–Kier alpha value is -1.07. The Labute approximate surface area is 130 Å². The molecule has 21 heavy (non-hydrogen) atoms. The lowest BCUT2D eigenvalue weighted by Crippen LogP contribution is -2.46. The van der Waals surface area contributed by atoms with E-state index in [1.165, 1.54) is 32.1 Å². The van der Waals surface area contributed by atoms with Gasteiger partial charge in [-0.2, -0.15) is 0 Å². The Morgan fingerprint density at radius 1 is 1.48 bits per heavy atom. The highest BCUT2D eigenvalue weighted by Crippen LogP contribution is 2.26. The maximum Gasteiger partial charge on any atom is 0.229 e. The molecule has 1 fully saturated rings. The van der Waals surface area contributed by atoms with Crippen molar-refractivity contribution in [3.8, 4) is 0 Å². The molecule has 1 aromatic rings. The topological polar surface area (TPSA) is 81.2 Å². The van der Waals surface area contributed by atoms with Crippen LogP contribution >= 0.6 is 11.6 Å². The van der Waals surface area contributed by atoms with E-state index in [1.807, 2.05) is 6.92 Å². The van der Waals surface area contributed by atoms with Gasteiger partial charge in [-0.15, -0.1) is 0 Å². The normalized spacial score (nSPS) is 17.7. The first-order valence-corrected chi connectivity index (χ1v) is 8.09. The summed E-state index contributed by atoms with van der Waals surface area (Å²) in [5, 5.41) is 7.15. The second kappa shape index (κ2) is 7.80. The van der Waals surface area contributed by atoms with Crippen molar-refractivity contribution in [2.45, 2.75) is 57.9 Å². The Bertz CT molecular complexity index is 450. The minimum absolute atomic E-state index is 0.0210. The number of aryl methyl sites for hydroxylation is 1. The zero-order chi connectivity index (χ0) is 15.2. The number of nitrogens with zero attached hydrogens (tertiary/aromatic N) is 1. The molecule has 1 aliphatic rings. The molecule has 1 atom stereocenters. The van der Waals surface area contributed by atoms with Crippen LogP contribution < -0.4 is 11.1 Å². The number of nitrogens with two attached hydrogens (primary N) is 1. The number of rotatable bonds is 6. The smallest absolute Gasteiger partial charge is 0.229 e. The fourth-order valence-corrected chi connectivity index (χ4v) is 3.33. The summed E-state index contributed by atoms with van der Waals surface area (Å²) in [6, 6.07) is 0.0943. The standard InChI is InChI=1S/C15H24ClN3O2/c1-10-12(15(16)21-19-10)7-8-14(20)18-13(9-17)11-5-3-2-4-6-11/h11,13H,2-9,17H2,1H3,(H,18,20). The van der Waals surface area contributed by atoms with E-state index < -0.39 is 0 Å². The van der Waals surface area contributed by atoms with Gasteiger partial charge < -0.3 is 15.6 Å². The van der Waals surface area contributed by atoms with Crippen molar-refractivity contribution in [3.05, 3.63) is 16.5 Å². The lowest BCUT2D eigenvalue weighted by atomic mass is 9.84. The van der Waals surface area contributed by atoms with Crippen molar-refractivity contribution in [1.82, 2.24) is 10.5 Å². The molecule has 1 amide bonds. The zero-order valence-electron chi connectivity index (χ0n) is 12.5. The Kier molecular flexibility index (Phi) is 6.06. The first-order valence-electron chi connectivity index (χ1n) is 7.72. The van der Waals surface area contributed by atoms with Gasteiger partial charge in [0.25, 0.3) is 0 Å². The summed E-state index contributed by atoms with van der Waals surface area (Å²) < 4.78 is 4.89. The number of carbonyl (C=O) groups excluding carboxylic acids is 1. The molecule has 0 saturated heterocycles. The van der Waals surface area contributed by atoms with E-state index in [0.717, 1.165) is 11.3 Å². The molecular formula is C15H24ClN3O2. The Balaban J connectivity index is 1.82.